The Kier molecular flexibility index (Phi) is 9.07. The number of alkyl carbamates (subject to hydrolysis) is 2. The second-order valence-electron chi connectivity index (χ2n) is 8.04. The molecule has 1 rings (SSSR count). The minimum absolute atomic E-state index is 0.169. The van der Waals surface area contributed by atoms with Crippen molar-refractivity contribution in [1.82, 2.24) is 10.6 Å². The van der Waals surface area contributed by atoms with Crippen LogP contribution in [0.2, 0.25) is 0 Å². The van der Waals surface area contributed by atoms with Gasteiger partial charge in [0.1, 0.15) is 11.2 Å². The van der Waals surface area contributed by atoms with Gasteiger partial charge >= 0.3 is 12.2 Å². The monoisotopic (exact) mass is 462 g/mol. The molecule has 0 heterocycles. The van der Waals surface area contributed by atoms with E-state index in [4.69, 9.17) is 9.47 Å². The fourth-order valence-electron chi connectivity index (χ4n) is 1.89. The molecule has 0 atom stereocenters. The molecule has 0 fully saturated rings. The number of halogens is 1. The van der Waals surface area contributed by atoms with Gasteiger partial charge in [-0.15, -0.1) is 0 Å². The summed E-state index contributed by atoms with van der Waals surface area (Å²) in [4.78, 5) is 23.2. The van der Waals surface area contributed by atoms with Gasteiger partial charge in [-0.2, -0.15) is 0 Å². The molecule has 0 saturated heterocycles. The lowest BCUT2D eigenvalue weighted by Crippen LogP contribution is -2.32. The molecular weight excluding hydrogens is 436 g/mol. The summed E-state index contributed by atoms with van der Waals surface area (Å²) in [5.41, 5.74) is 0.395. The predicted octanol–water partition coefficient (Wildman–Crippen LogP) is 4.20. The Balaban J connectivity index is 2.62. The van der Waals surface area contributed by atoms with Gasteiger partial charge in [0.05, 0.1) is 13.1 Å². The second kappa shape index (κ2) is 10.8. The molecule has 0 radical (unpaired) electrons. The molecule has 6 nitrogen and oxygen atoms in total. The maximum Gasteiger partial charge on any atom is 0.408 e. The molecule has 2 N–H and O–H groups in total. The summed E-state index contributed by atoms with van der Waals surface area (Å²) < 4.78 is 11.1. The van der Waals surface area contributed by atoms with E-state index in [0.717, 1.165) is 15.6 Å². The number of hydrogen-bond donors (Lipinski definition) is 2. The first-order chi connectivity index (χ1) is 13.3. The van der Waals surface area contributed by atoms with Crippen LogP contribution in [0, 0.1) is 23.7 Å². The molecule has 156 valence electrons. The largest absolute Gasteiger partial charge is 0.444 e. The lowest BCUT2D eigenvalue weighted by molar-refractivity contribution is 0.0523. The van der Waals surface area contributed by atoms with E-state index in [1.54, 1.807) is 41.5 Å². The summed E-state index contributed by atoms with van der Waals surface area (Å²) in [6.07, 6.45) is -1.02. The molecule has 0 aromatic heterocycles. The first kappa shape index (κ1) is 24.4. The van der Waals surface area contributed by atoms with Crippen molar-refractivity contribution in [3.63, 3.8) is 0 Å². The zero-order valence-electron chi connectivity index (χ0n) is 17.7. The lowest BCUT2D eigenvalue weighted by Gasteiger charge is -2.19. The summed E-state index contributed by atoms with van der Waals surface area (Å²) in [6.45, 7) is 11.1. The quantitative estimate of drug-likeness (QED) is 0.645. The average Bonchev–Trinajstić information content (AvgIpc) is 2.52. The minimum atomic E-state index is -0.548. The van der Waals surface area contributed by atoms with Crippen LogP contribution in [-0.2, 0) is 9.47 Å². The van der Waals surface area contributed by atoms with Crippen molar-refractivity contribution in [2.24, 2.45) is 0 Å². The van der Waals surface area contributed by atoms with Crippen LogP contribution in [0.1, 0.15) is 52.7 Å². The van der Waals surface area contributed by atoms with Crippen LogP contribution in [-0.4, -0.2) is 36.5 Å². The van der Waals surface area contributed by atoms with E-state index in [1.807, 2.05) is 18.2 Å². The van der Waals surface area contributed by atoms with Crippen molar-refractivity contribution < 1.29 is 19.1 Å². The summed E-state index contributed by atoms with van der Waals surface area (Å²) in [5, 5.41) is 5.16. The van der Waals surface area contributed by atoms with E-state index in [9.17, 15) is 9.59 Å². The maximum atomic E-state index is 11.6. The van der Waals surface area contributed by atoms with E-state index in [-0.39, 0.29) is 13.1 Å². The van der Waals surface area contributed by atoms with Crippen molar-refractivity contribution in [2.75, 3.05) is 13.1 Å². The highest BCUT2D eigenvalue weighted by atomic mass is 79.9. The minimum Gasteiger partial charge on any atom is -0.444 e. The standard InChI is InChI=1S/C22H27BrN2O4/c1-21(2,3)28-19(26)24-11-7-9-16-13-17(15-18(23)14-16)10-8-12-25-20(27)29-22(4,5)6/h13-15H,11-12H2,1-6H3,(H,24,26)(H,25,27). The predicted molar refractivity (Wildman–Crippen MR) is 116 cm³/mol. The Morgan fingerprint density at radius 3 is 1.55 bits per heavy atom. The molecule has 1 aromatic rings. The summed E-state index contributed by atoms with van der Waals surface area (Å²) in [5.74, 6) is 11.7. The van der Waals surface area contributed by atoms with Gasteiger partial charge < -0.3 is 20.1 Å². The summed E-state index contributed by atoms with van der Waals surface area (Å²) in [6, 6.07) is 5.53. The highest BCUT2D eigenvalue weighted by Crippen LogP contribution is 2.14. The van der Waals surface area contributed by atoms with Gasteiger partial charge in [0.25, 0.3) is 0 Å². The molecule has 0 saturated carbocycles. The van der Waals surface area contributed by atoms with Crippen LogP contribution in [0.4, 0.5) is 9.59 Å². The number of benzene rings is 1. The molecule has 29 heavy (non-hydrogen) atoms. The Labute approximate surface area is 181 Å². The highest BCUT2D eigenvalue weighted by Gasteiger charge is 2.15. The Hall–Kier alpha value is -2.64. The van der Waals surface area contributed by atoms with Gasteiger partial charge in [0, 0.05) is 15.6 Å². The molecule has 0 spiro atoms. The van der Waals surface area contributed by atoms with Crippen LogP contribution in [0.15, 0.2) is 22.7 Å². The van der Waals surface area contributed by atoms with E-state index in [1.165, 1.54) is 0 Å². The van der Waals surface area contributed by atoms with Crippen LogP contribution in [0.25, 0.3) is 0 Å². The lowest BCUT2D eigenvalue weighted by atomic mass is 10.1. The van der Waals surface area contributed by atoms with Gasteiger partial charge in [0.2, 0.25) is 0 Å². The van der Waals surface area contributed by atoms with E-state index in [0.29, 0.717) is 0 Å². The van der Waals surface area contributed by atoms with Crippen molar-refractivity contribution >= 4 is 28.1 Å². The van der Waals surface area contributed by atoms with E-state index >= 15 is 0 Å². The molecule has 2 amide bonds. The Bertz CT molecular complexity index is 791. The SMILES string of the molecule is CC(C)(C)OC(=O)NCC#Cc1cc(Br)cc(C#CCNC(=O)OC(C)(C)C)c1. The normalized spacial score (nSPS) is 10.6. The first-order valence-corrected chi connectivity index (χ1v) is 9.85. The number of ether oxygens (including phenoxy) is 2. The van der Waals surface area contributed by atoms with Crippen LogP contribution in [0.3, 0.4) is 0 Å². The van der Waals surface area contributed by atoms with Crippen molar-refractivity contribution in [1.29, 1.82) is 0 Å². The molecule has 0 bridgehead atoms. The Morgan fingerprint density at radius 1 is 0.828 bits per heavy atom. The summed E-state index contributed by atoms with van der Waals surface area (Å²) >= 11 is 3.43. The maximum absolute atomic E-state index is 11.6. The van der Waals surface area contributed by atoms with Gasteiger partial charge in [-0.05, 0) is 59.7 Å². The number of carbonyl (C=O) groups excluding carboxylic acids is 2. The van der Waals surface area contributed by atoms with E-state index in [2.05, 4.69) is 50.2 Å². The van der Waals surface area contributed by atoms with Gasteiger partial charge in [0.15, 0.2) is 0 Å². The fraction of sp³-hybridized carbons (Fsp3) is 0.455. The third-order valence-electron chi connectivity index (χ3n) is 2.80. The van der Waals surface area contributed by atoms with Gasteiger partial charge in [-0.1, -0.05) is 39.6 Å². The van der Waals surface area contributed by atoms with E-state index < -0.39 is 23.4 Å². The first-order valence-electron chi connectivity index (χ1n) is 9.06. The van der Waals surface area contributed by atoms with Crippen LogP contribution >= 0.6 is 15.9 Å². The number of nitrogens with one attached hydrogen (secondary N) is 2. The van der Waals surface area contributed by atoms with Gasteiger partial charge in [-0.25, -0.2) is 9.59 Å². The number of amides is 2. The zero-order valence-corrected chi connectivity index (χ0v) is 19.2. The molecule has 0 aliphatic carbocycles. The van der Waals surface area contributed by atoms with Crippen molar-refractivity contribution in [3.05, 3.63) is 33.8 Å². The van der Waals surface area contributed by atoms with Gasteiger partial charge in [-0.3, -0.25) is 0 Å². The van der Waals surface area contributed by atoms with Crippen molar-refractivity contribution in [3.8, 4) is 23.7 Å². The van der Waals surface area contributed by atoms with Crippen LogP contribution < -0.4 is 10.6 Å². The molecule has 0 aliphatic rings. The second-order valence-corrected chi connectivity index (χ2v) is 8.96. The zero-order chi connectivity index (χ0) is 22.1. The van der Waals surface area contributed by atoms with Crippen LogP contribution in [0.5, 0.6) is 0 Å². The molecule has 0 unspecified atom stereocenters. The third-order valence-corrected chi connectivity index (χ3v) is 3.26. The third kappa shape index (κ3) is 12.4. The number of carbonyl (C=O) groups is 2. The molecule has 0 aliphatic heterocycles. The molecule has 7 heteroatoms. The average molecular weight is 463 g/mol. The van der Waals surface area contributed by atoms with Crippen molar-refractivity contribution in [2.45, 2.75) is 52.7 Å². The smallest absolute Gasteiger partial charge is 0.408 e. The number of hydrogen-bond acceptors (Lipinski definition) is 4. The molecular formula is C22H27BrN2O4. The fourth-order valence-corrected chi connectivity index (χ4v) is 2.38. The topological polar surface area (TPSA) is 76.7 Å². The number of rotatable bonds is 2. The Morgan fingerprint density at radius 2 is 1.21 bits per heavy atom. The molecule has 1 aromatic carbocycles. The summed E-state index contributed by atoms with van der Waals surface area (Å²) in [7, 11) is 0. The highest BCUT2D eigenvalue weighted by molar-refractivity contribution is 9.10.